The van der Waals surface area contributed by atoms with Crippen LogP contribution in [0.2, 0.25) is 0 Å². The zero-order valence-electron chi connectivity index (χ0n) is 11.8. The average Bonchev–Trinajstić information content (AvgIpc) is 3.02. The van der Waals surface area contributed by atoms with E-state index in [2.05, 4.69) is 4.98 Å². The molecule has 1 saturated heterocycles. The largest absolute Gasteiger partial charge is 0.381 e. The van der Waals surface area contributed by atoms with Gasteiger partial charge in [0.15, 0.2) is 9.84 Å². The Morgan fingerprint density at radius 2 is 2.14 bits per heavy atom. The minimum Gasteiger partial charge on any atom is -0.358 e. The zero-order chi connectivity index (χ0) is 15.9. The van der Waals surface area contributed by atoms with Gasteiger partial charge in [-0.2, -0.15) is 0 Å². The van der Waals surface area contributed by atoms with Gasteiger partial charge in [0.2, 0.25) is 12.2 Å². The summed E-state index contributed by atoms with van der Waals surface area (Å²) in [6.07, 6.45) is 4.67. The third-order valence-electron chi connectivity index (χ3n) is 3.95. The van der Waals surface area contributed by atoms with E-state index in [0.717, 1.165) is 12.8 Å². The highest BCUT2D eigenvalue weighted by Crippen LogP contribution is 2.32. The van der Waals surface area contributed by atoms with Crippen molar-refractivity contribution in [1.82, 2.24) is 14.5 Å². The van der Waals surface area contributed by atoms with E-state index in [1.807, 2.05) is 0 Å². The first-order chi connectivity index (χ1) is 10.4. The molecule has 2 heterocycles. The quantitative estimate of drug-likeness (QED) is 0.553. The van der Waals surface area contributed by atoms with E-state index in [1.165, 1.54) is 17.1 Å². The molecule has 1 unspecified atom stereocenters. The summed E-state index contributed by atoms with van der Waals surface area (Å²) in [5.74, 6) is -0.393. The first-order valence-electron chi connectivity index (χ1n) is 7.03. The third-order valence-corrected chi connectivity index (χ3v) is 5.70. The predicted octanol–water partition coefficient (Wildman–Crippen LogP) is -0.0306. The molecule has 1 atom stereocenters. The highest BCUT2D eigenvalue weighted by atomic mass is 32.2. The van der Waals surface area contributed by atoms with Gasteiger partial charge in [-0.3, -0.25) is 4.79 Å². The average molecular weight is 328 g/mol. The molecule has 10 heteroatoms. The lowest BCUT2D eigenvalue weighted by atomic mass is 10.2. The Morgan fingerprint density at radius 3 is 2.64 bits per heavy atom. The lowest BCUT2D eigenvalue weighted by Gasteiger charge is -2.28. The molecule has 1 amide bonds. The number of hydrogen-bond acceptors (Lipinski definition) is 6. The molecule has 0 bridgehead atoms. The molecule has 1 aromatic heterocycles. The Hall–Kier alpha value is -1.97. The molecule has 120 valence electrons. The molecular weight excluding hydrogens is 312 g/mol. The molecule has 0 aromatic carbocycles. The Morgan fingerprint density at radius 1 is 1.41 bits per heavy atom. The summed E-state index contributed by atoms with van der Waals surface area (Å²) in [4.78, 5) is 27.7. The molecule has 0 N–H and O–H groups in total. The van der Waals surface area contributed by atoms with E-state index >= 15 is 0 Å². The van der Waals surface area contributed by atoms with E-state index in [4.69, 9.17) is 0 Å². The van der Waals surface area contributed by atoms with Crippen LogP contribution >= 0.6 is 0 Å². The summed E-state index contributed by atoms with van der Waals surface area (Å²) >= 11 is 0. The van der Waals surface area contributed by atoms with Crippen LogP contribution < -0.4 is 0 Å². The van der Waals surface area contributed by atoms with Crippen molar-refractivity contribution in [3.63, 3.8) is 0 Å². The number of carbonyl (C=O) groups is 1. The summed E-state index contributed by atoms with van der Waals surface area (Å²) in [5.41, 5.74) is 0. The molecule has 0 spiro atoms. The van der Waals surface area contributed by atoms with Crippen LogP contribution in [0.15, 0.2) is 12.5 Å². The molecule has 1 aliphatic heterocycles. The van der Waals surface area contributed by atoms with Gasteiger partial charge in [-0.05, 0) is 29.2 Å². The number of hydrogen-bond donors (Lipinski definition) is 0. The smallest absolute Gasteiger partial charge is 0.358 e. The van der Waals surface area contributed by atoms with Crippen molar-refractivity contribution < 1.29 is 18.1 Å². The molecule has 1 aromatic rings. The van der Waals surface area contributed by atoms with Gasteiger partial charge in [-0.15, -0.1) is 0 Å². The van der Waals surface area contributed by atoms with E-state index in [-0.39, 0.29) is 41.9 Å². The lowest BCUT2D eigenvalue weighted by molar-refractivity contribution is -0.389. The summed E-state index contributed by atoms with van der Waals surface area (Å²) < 4.78 is 24.6. The van der Waals surface area contributed by atoms with Gasteiger partial charge in [-0.25, -0.2) is 8.42 Å². The van der Waals surface area contributed by atoms with Crippen LogP contribution in [0.25, 0.3) is 0 Å². The summed E-state index contributed by atoms with van der Waals surface area (Å²) in [6.45, 7) is -0.0616. The van der Waals surface area contributed by atoms with Crippen LogP contribution in [0, 0.1) is 10.1 Å². The lowest BCUT2D eigenvalue weighted by Crippen LogP contribution is -2.44. The number of nitrogens with zero attached hydrogens (tertiary/aromatic N) is 4. The number of aromatic nitrogens is 2. The van der Waals surface area contributed by atoms with Crippen molar-refractivity contribution in [2.24, 2.45) is 0 Å². The Balaban J connectivity index is 1.71. The fraction of sp³-hybridized carbons (Fsp3) is 0.667. The highest BCUT2D eigenvalue weighted by Gasteiger charge is 2.42. The van der Waals surface area contributed by atoms with E-state index in [1.54, 1.807) is 4.90 Å². The number of rotatable bonds is 5. The molecule has 2 fully saturated rings. The molecule has 9 nitrogen and oxygen atoms in total. The second-order valence-corrected chi connectivity index (χ2v) is 7.98. The predicted molar refractivity (Wildman–Crippen MR) is 75.8 cm³/mol. The molecule has 2 aliphatic rings. The van der Waals surface area contributed by atoms with Crippen LogP contribution in [0.3, 0.4) is 0 Å². The number of amides is 1. The summed E-state index contributed by atoms with van der Waals surface area (Å²) in [7, 11) is -3.06. The van der Waals surface area contributed by atoms with Gasteiger partial charge in [0.05, 0.1) is 11.5 Å². The second-order valence-electron chi connectivity index (χ2n) is 5.75. The van der Waals surface area contributed by atoms with Crippen LogP contribution in [-0.4, -0.2) is 57.3 Å². The maximum Gasteiger partial charge on any atom is 0.381 e. The second kappa shape index (κ2) is 5.34. The number of nitro groups is 1. The number of carbonyl (C=O) groups excluding carboxylic acids is 1. The number of imidazole rings is 1. The molecule has 1 aliphatic carbocycles. The monoisotopic (exact) mass is 328 g/mol. The summed E-state index contributed by atoms with van der Waals surface area (Å²) in [6, 6.07) is -0.173. The molecule has 0 radical (unpaired) electrons. The van der Waals surface area contributed by atoms with Gasteiger partial charge >= 0.3 is 5.82 Å². The van der Waals surface area contributed by atoms with Gasteiger partial charge in [0.25, 0.3) is 0 Å². The topological polar surface area (TPSA) is 115 Å². The van der Waals surface area contributed by atoms with Crippen molar-refractivity contribution in [3.05, 3.63) is 22.6 Å². The first kappa shape index (κ1) is 14.9. The maximum atomic E-state index is 12.5. The van der Waals surface area contributed by atoms with Crippen LogP contribution in [0.1, 0.15) is 19.3 Å². The number of sulfone groups is 1. The van der Waals surface area contributed by atoms with Gasteiger partial charge < -0.3 is 19.6 Å². The third kappa shape index (κ3) is 3.11. The van der Waals surface area contributed by atoms with Crippen molar-refractivity contribution >= 4 is 21.6 Å². The Kier molecular flexibility index (Phi) is 3.63. The molecule has 22 heavy (non-hydrogen) atoms. The van der Waals surface area contributed by atoms with E-state index in [9.17, 15) is 23.3 Å². The summed E-state index contributed by atoms with van der Waals surface area (Å²) in [5, 5.41) is 10.6. The molecule has 3 rings (SSSR count). The van der Waals surface area contributed by atoms with Crippen LogP contribution in [0.4, 0.5) is 5.82 Å². The fourth-order valence-corrected chi connectivity index (χ4v) is 4.53. The minimum atomic E-state index is -3.06. The molecule has 1 saturated carbocycles. The first-order valence-corrected chi connectivity index (χ1v) is 8.85. The van der Waals surface area contributed by atoms with Crippen LogP contribution in [-0.2, 0) is 21.2 Å². The maximum absolute atomic E-state index is 12.5. The van der Waals surface area contributed by atoms with Crippen molar-refractivity contribution in [1.29, 1.82) is 0 Å². The normalized spacial score (nSPS) is 23.4. The van der Waals surface area contributed by atoms with Crippen LogP contribution in [0.5, 0.6) is 0 Å². The minimum absolute atomic E-state index is 0.0132. The van der Waals surface area contributed by atoms with Gasteiger partial charge in [-0.1, -0.05) is 0 Å². The van der Waals surface area contributed by atoms with Crippen molar-refractivity contribution in [2.75, 3.05) is 11.5 Å². The standard InChI is InChI=1S/C12H16N4O5S/c17-12(6-14-5-11(13-8-14)16(18)19)15(9-1-2-9)10-3-4-22(20,21)7-10/h5,8-10H,1-4,6-7H2. The Labute approximate surface area is 127 Å². The Bertz CT molecular complexity index is 709. The van der Waals surface area contributed by atoms with Gasteiger partial charge in [0, 0.05) is 12.1 Å². The van der Waals surface area contributed by atoms with Crippen molar-refractivity contribution in [3.8, 4) is 0 Å². The van der Waals surface area contributed by atoms with E-state index < -0.39 is 14.8 Å². The SMILES string of the molecule is O=C(Cn1cnc([N+](=O)[O-])c1)N(C1CC1)C1CCS(=O)(=O)C1. The zero-order valence-corrected chi connectivity index (χ0v) is 12.6. The van der Waals surface area contributed by atoms with Crippen molar-refractivity contribution in [2.45, 2.75) is 37.9 Å². The van der Waals surface area contributed by atoms with E-state index in [0.29, 0.717) is 6.42 Å². The van der Waals surface area contributed by atoms with Gasteiger partial charge in [0.1, 0.15) is 12.7 Å². The molecular formula is C12H16N4O5S. The fourth-order valence-electron chi connectivity index (χ4n) is 2.82. The highest BCUT2D eigenvalue weighted by molar-refractivity contribution is 7.91.